The molecule has 0 aromatic heterocycles. The molecule has 0 atom stereocenters. The highest BCUT2D eigenvalue weighted by molar-refractivity contribution is 5.93. The van der Waals surface area contributed by atoms with E-state index in [1.165, 1.54) is 32.4 Å². The maximum Gasteiger partial charge on any atom is 0.343 e. The first-order valence-electron chi connectivity index (χ1n) is 9.42. The maximum atomic E-state index is 12.7. The molecule has 0 aliphatic rings. The number of carbonyl (C=O) groups is 3. The third kappa shape index (κ3) is 6.81. The number of nitrogens with two attached hydrogens (primary N) is 1. The Balaban J connectivity index is 2.19. The summed E-state index contributed by atoms with van der Waals surface area (Å²) in [6.07, 6.45) is 0.810. The predicted molar refractivity (Wildman–Crippen MR) is 113 cm³/mol. The number of ether oxygens (including phenoxy) is 4. The summed E-state index contributed by atoms with van der Waals surface area (Å²) in [5.41, 5.74) is 5.69. The highest BCUT2D eigenvalue weighted by Gasteiger charge is 2.20. The minimum atomic E-state index is -0.689. The van der Waals surface area contributed by atoms with Gasteiger partial charge >= 0.3 is 12.0 Å². The van der Waals surface area contributed by atoms with Crippen LogP contribution < -0.4 is 35.3 Å². The molecule has 0 bridgehead atoms. The lowest BCUT2D eigenvalue weighted by atomic mass is 10.2. The monoisotopic (exact) mass is 431 g/mol. The summed E-state index contributed by atoms with van der Waals surface area (Å²) < 4.78 is 21.2. The van der Waals surface area contributed by atoms with Crippen molar-refractivity contribution >= 4 is 23.6 Å². The van der Waals surface area contributed by atoms with Gasteiger partial charge in [-0.2, -0.15) is 0 Å². The Morgan fingerprint density at radius 2 is 1.71 bits per heavy atom. The van der Waals surface area contributed by atoms with Crippen molar-refractivity contribution in [1.82, 2.24) is 5.32 Å². The molecule has 0 heterocycles. The quantitative estimate of drug-likeness (QED) is 0.388. The van der Waals surface area contributed by atoms with Crippen molar-refractivity contribution in [3.05, 3.63) is 42.0 Å². The topological polar surface area (TPSA) is 138 Å². The van der Waals surface area contributed by atoms with Crippen LogP contribution in [0.2, 0.25) is 0 Å². The minimum Gasteiger partial charge on any atom is -0.493 e. The number of anilines is 1. The van der Waals surface area contributed by atoms with Crippen LogP contribution in [0.4, 0.5) is 10.5 Å². The third-order valence-electron chi connectivity index (χ3n) is 3.89. The first kappa shape index (κ1) is 23.3. The van der Waals surface area contributed by atoms with E-state index in [0.29, 0.717) is 12.2 Å². The lowest BCUT2D eigenvalue weighted by Crippen LogP contribution is -2.29. The summed E-state index contributed by atoms with van der Waals surface area (Å²) in [6.45, 7) is 2.10. The molecular formula is C21H25N3O7. The number of benzene rings is 2. The number of carbonyl (C=O) groups excluding carboxylic acids is 3. The highest BCUT2D eigenvalue weighted by Crippen LogP contribution is 2.38. The maximum absolute atomic E-state index is 12.7. The van der Waals surface area contributed by atoms with Crippen LogP contribution in [0.1, 0.15) is 23.7 Å². The van der Waals surface area contributed by atoms with E-state index in [0.717, 1.165) is 6.42 Å². The van der Waals surface area contributed by atoms with Crippen molar-refractivity contribution in [1.29, 1.82) is 0 Å². The predicted octanol–water partition coefficient (Wildman–Crippen LogP) is 2.32. The Bertz CT molecular complexity index is 921. The number of urea groups is 1. The summed E-state index contributed by atoms with van der Waals surface area (Å²) in [5, 5.41) is 5.35. The van der Waals surface area contributed by atoms with Crippen molar-refractivity contribution in [3.63, 3.8) is 0 Å². The second kappa shape index (κ2) is 11.3. The first-order chi connectivity index (χ1) is 14.9. The molecule has 2 aromatic rings. The fourth-order valence-electron chi connectivity index (χ4n) is 2.50. The highest BCUT2D eigenvalue weighted by atomic mass is 16.5. The molecule has 10 heteroatoms. The van der Waals surface area contributed by atoms with Gasteiger partial charge in [0.25, 0.3) is 5.91 Å². The Kier molecular flexibility index (Phi) is 8.50. The normalized spacial score (nSPS) is 10.0. The zero-order valence-corrected chi connectivity index (χ0v) is 17.5. The summed E-state index contributed by atoms with van der Waals surface area (Å²) in [4.78, 5) is 35.5. The molecule has 0 saturated heterocycles. The largest absolute Gasteiger partial charge is 0.493 e. The van der Waals surface area contributed by atoms with E-state index >= 15 is 0 Å². The molecule has 4 N–H and O–H groups in total. The van der Waals surface area contributed by atoms with Gasteiger partial charge in [0.05, 0.1) is 19.8 Å². The molecule has 0 aliphatic heterocycles. The number of hydrogen-bond acceptors (Lipinski definition) is 7. The molecule has 2 aromatic carbocycles. The summed E-state index contributed by atoms with van der Waals surface area (Å²) in [6, 6.07) is 8.82. The summed E-state index contributed by atoms with van der Waals surface area (Å²) in [7, 11) is 2.75. The summed E-state index contributed by atoms with van der Waals surface area (Å²) in [5.74, 6) is -0.684. The molecular weight excluding hydrogens is 406 g/mol. The SMILES string of the molecule is CCCNC(=O)Nc1cccc(OC(=O)c2cc(OC)c(OCC(N)=O)c(OC)c2)c1. The van der Waals surface area contributed by atoms with Gasteiger partial charge in [0.2, 0.25) is 5.75 Å². The smallest absolute Gasteiger partial charge is 0.343 e. The average Bonchev–Trinajstić information content (AvgIpc) is 2.75. The zero-order valence-electron chi connectivity index (χ0n) is 17.5. The average molecular weight is 431 g/mol. The molecule has 0 spiro atoms. The lowest BCUT2D eigenvalue weighted by Gasteiger charge is -2.15. The Labute approximate surface area is 179 Å². The third-order valence-corrected chi connectivity index (χ3v) is 3.89. The van der Waals surface area contributed by atoms with Gasteiger partial charge < -0.3 is 35.3 Å². The molecule has 0 fully saturated rings. The summed E-state index contributed by atoms with van der Waals surface area (Å²) >= 11 is 0. The second-order valence-electron chi connectivity index (χ2n) is 6.26. The van der Waals surface area contributed by atoms with E-state index in [-0.39, 0.29) is 41.2 Å². The molecule has 10 nitrogen and oxygen atoms in total. The fourth-order valence-corrected chi connectivity index (χ4v) is 2.50. The van der Waals surface area contributed by atoms with E-state index in [1.54, 1.807) is 18.2 Å². The molecule has 0 aliphatic carbocycles. The number of primary amides is 1. The van der Waals surface area contributed by atoms with Gasteiger partial charge in [0.1, 0.15) is 5.75 Å². The van der Waals surface area contributed by atoms with Crippen LogP contribution in [0.25, 0.3) is 0 Å². The van der Waals surface area contributed by atoms with E-state index in [1.807, 2.05) is 6.92 Å². The van der Waals surface area contributed by atoms with Crippen molar-refractivity contribution < 1.29 is 33.3 Å². The second-order valence-corrected chi connectivity index (χ2v) is 6.26. The van der Waals surface area contributed by atoms with Gasteiger partial charge in [-0.3, -0.25) is 4.79 Å². The van der Waals surface area contributed by atoms with Crippen LogP contribution >= 0.6 is 0 Å². The van der Waals surface area contributed by atoms with Gasteiger partial charge in [0, 0.05) is 18.3 Å². The molecule has 166 valence electrons. The minimum absolute atomic E-state index is 0.124. The number of hydrogen-bond donors (Lipinski definition) is 3. The molecule has 0 radical (unpaired) electrons. The van der Waals surface area contributed by atoms with Crippen LogP contribution in [0.3, 0.4) is 0 Å². The van der Waals surface area contributed by atoms with Crippen LogP contribution in [0.15, 0.2) is 36.4 Å². The van der Waals surface area contributed by atoms with Gasteiger partial charge in [0.15, 0.2) is 18.1 Å². The van der Waals surface area contributed by atoms with E-state index in [4.69, 9.17) is 24.7 Å². The molecule has 0 saturated carbocycles. The fraction of sp³-hybridized carbons (Fsp3) is 0.286. The first-order valence-corrected chi connectivity index (χ1v) is 9.42. The van der Waals surface area contributed by atoms with E-state index in [2.05, 4.69) is 10.6 Å². The van der Waals surface area contributed by atoms with Gasteiger partial charge in [-0.25, -0.2) is 9.59 Å². The van der Waals surface area contributed by atoms with E-state index < -0.39 is 11.9 Å². The zero-order chi connectivity index (χ0) is 22.8. The van der Waals surface area contributed by atoms with Crippen molar-refractivity contribution in [2.45, 2.75) is 13.3 Å². The molecule has 31 heavy (non-hydrogen) atoms. The van der Waals surface area contributed by atoms with E-state index in [9.17, 15) is 14.4 Å². The van der Waals surface area contributed by atoms with Gasteiger partial charge in [-0.1, -0.05) is 13.0 Å². The van der Waals surface area contributed by atoms with Crippen LogP contribution in [-0.4, -0.2) is 45.3 Å². The van der Waals surface area contributed by atoms with Gasteiger partial charge in [-0.05, 0) is 30.7 Å². The molecule has 0 unspecified atom stereocenters. The van der Waals surface area contributed by atoms with Crippen molar-refractivity contribution in [3.8, 4) is 23.0 Å². The number of amides is 3. The van der Waals surface area contributed by atoms with Gasteiger partial charge in [-0.15, -0.1) is 0 Å². The standard InChI is InChI=1S/C21H25N3O7/c1-4-8-23-21(27)24-14-6-5-7-15(11-14)31-20(26)13-9-16(28-2)19(17(10-13)29-3)30-12-18(22)25/h5-7,9-11H,4,8,12H2,1-3H3,(H2,22,25)(H2,23,24,27). The molecule has 3 amide bonds. The number of methoxy groups -OCH3 is 2. The Hall–Kier alpha value is -3.95. The van der Waals surface area contributed by atoms with Crippen LogP contribution in [0, 0.1) is 0 Å². The van der Waals surface area contributed by atoms with Crippen LogP contribution in [-0.2, 0) is 4.79 Å². The molecule has 2 rings (SSSR count). The van der Waals surface area contributed by atoms with Crippen molar-refractivity contribution in [2.75, 3.05) is 32.7 Å². The lowest BCUT2D eigenvalue weighted by molar-refractivity contribution is -0.120. The Morgan fingerprint density at radius 3 is 2.29 bits per heavy atom. The van der Waals surface area contributed by atoms with Crippen LogP contribution in [0.5, 0.6) is 23.0 Å². The number of rotatable bonds is 10. The number of esters is 1. The van der Waals surface area contributed by atoms with Crippen molar-refractivity contribution in [2.24, 2.45) is 5.73 Å². The Morgan fingerprint density at radius 1 is 1.03 bits per heavy atom. The number of nitrogens with one attached hydrogen (secondary N) is 2.